The number of carbonyl (C=O) groups excluding carboxylic acids is 2. The molecule has 2 aromatic rings. The van der Waals surface area contributed by atoms with Gasteiger partial charge in [-0.25, -0.2) is 0 Å². The fourth-order valence-electron chi connectivity index (χ4n) is 2.57. The highest BCUT2D eigenvalue weighted by molar-refractivity contribution is 7.12. The lowest BCUT2D eigenvalue weighted by atomic mass is 10.2. The van der Waals surface area contributed by atoms with E-state index in [-0.39, 0.29) is 11.8 Å². The predicted octanol–water partition coefficient (Wildman–Crippen LogP) is 3.74. The molecule has 5 nitrogen and oxygen atoms in total. The molecule has 1 atom stereocenters. The smallest absolute Gasteiger partial charge is 0.261 e. The van der Waals surface area contributed by atoms with Crippen LogP contribution in [0.5, 0.6) is 0 Å². The number of thiophene rings is 1. The average molecular weight is 359 g/mol. The quantitative estimate of drug-likeness (QED) is 0.792. The van der Waals surface area contributed by atoms with E-state index in [9.17, 15) is 9.59 Å². The number of anilines is 2. The van der Waals surface area contributed by atoms with Gasteiger partial charge in [0, 0.05) is 24.0 Å². The number of carbonyl (C=O) groups is 2. The van der Waals surface area contributed by atoms with Crippen molar-refractivity contribution in [3.05, 3.63) is 46.7 Å². The van der Waals surface area contributed by atoms with E-state index in [0.717, 1.165) is 12.2 Å². The van der Waals surface area contributed by atoms with E-state index in [1.807, 2.05) is 35.7 Å². The lowest BCUT2D eigenvalue weighted by Crippen LogP contribution is -2.41. The second-order valence-corrected chi connectivity index (χ2v) is 7.04. The number of hydrogen-bond donors (Lipinski definition) is 2. The normalized spacial score (nSPS) is 11.9. The zero-order chi connectivity index (χ0) is 18.4. The van der Waals surface area contributed by atoms with Crippen LogP contribution in [0, 0.1) is 0 Å². The van der Waals surface area contributed by atoms with Crippen LogP contribution in [0.25, 0.3) is 0 Å². The van der Waals surface area contributed by atoms with Gasteiger partial charge >= 0.3 is 0 Å². The van der Waals surface area contributed by atoms with Gasteiger partial charge in [-0.2, -0.15) is 0 Å². The second-order valence-electron chi connectivity index (χ2n) is 6.09. The van der Waals surface area contributed by atoms with Gasteiger partial charge in [-0.05, 0) is 63.4 Å². The van der Waals surface area contributed by atoms with E-state index < -0.39 is 6.04 Å². The molecule has 2 rings (SSSR count). The molecule has 0 radical (unpaired) electrons. The summed E-state index contributed by atoms with van der Waals surface area (Å²) in [6, 6.07) is 11.1. The molecule has 1 aromatic carbocycles. The van der Waals surface area contributed by atoms with E-state index in [0.29, 0.717) is 16.6 Å². The van der Waals surface area contributed by atoms with E-state index in [2.05, 4.69) is 36.3 Å². The third kappa shape index (κ3) is 5.06. The Bertz CT molecular complexity index is 696. The minimum atomic E-state index is -0.614. The minimum Gasteiger partial charge on any atom is -0.369 e. The van der Waals surface area contributed by atoms with Crippen LogP contribution in [0.3, 0.4) is 0 Å². The van der Waals surface area contributed by atoms with Crippen molar-refractivity contribution >= 4 is 34.5 Å². The highest BCUT2D eigenvalue weighted by Crippen LogP contribution is 2.20. The molecule has 25 heavy (non-hydrogen) atoms. The average Bonchev–Trinajstić information content (AvgIpc) is 3.11. The van der Waals surface area contributed by atoms with E-state index >= 15 is 0 Å². The Morgan fingerprint density at radius 1 is 1.12 bits per heavy atom. The molecule has 0 spiro atoms. The van der Waals surface area contributed by atoms with Gasteiger partial charge in [0.25, 0.3) is 5.91 Å². The van der Waals surface area contributed by atoms with Crippen LogP contribution >= 0.6 is 11.3 Å². The summed E-state index contributed by atoms with van der Waals surface area (Å²) in [5, 5.41) is 7.38. The molecule has 2 amide bonds. The topological polar surface area (TPSA) is 61.4 Å². The molecule has 0 fully saturated rings. The van der Waals surface area contributed by atoms with Crippen molar-refractivity contribution in [2.75, 3.05) is 16.8 Å². The zero-order valence-corrected chi connectivity index (χ0v) is 15.9. The minimum absolute atomic E-state index is 0.233. The maximum absolute atomic E-state index is 12.3. The maximum atomic E-state index is 12.3. The van der Waals surface area contributed by atoms with Crippen molar-refractivity contribution in [3.63, 3.8) is 0 Å². The molecule has 134 valence electrons. The van der Waals surface area contributed by atoms with Crippen LogP contribution in [0.15, 0.2) is 41.8 Å². The van der Waals surface area contributed by atoms with Gasteiger partial charge in [0.15, 0.2) is 0 Å². The Morgan fingerprint density at radius 3 is 2.32 bits per heavy atom. The first-order valence-corrected chi connectivity index (χ1v) is 9.32. The molecule has 0 saturated heterocycles. The SMILES string of the molecule is CCN(c1ccc(NC(=O)C(C)NC(=O)c2cccs2)cc1)C(C)C. The summed E-state index contributed by atoms with van der Waals surface area (Å²) in [7, 11) is 0. The van der Waals surface area contributed by atoms with Crippen molar-refractivity contribution in [2.24, 2.45) is 0 Å². The van der Waals surface area contributed by atoms with Gasteiger partial charge in [-0.3, -0.25) is 9.59 Å². The van der Waals surface area contributed by atoms with E-state index in [1.165, 1.54) is 11.3 Å². The maximum Gasteiger partial charge on any atom is 0.261 e. The standard InChI is InChI=1S/C19H25N3O2S/c1-5-22(13(2)3)16-10-8-15(9-11-16)21-18(23)14(4)20-19(24)17-7-6-12-25-17/h6-14H,5H2,1-4H3,(H,20,24)(H,21,23). The summed E-state index contributed by atoms with van der Waals surface area (Å²) >= 11 is 1.35. The fraction of sp³-hybridized carbons (Fsp3) is 0.368. The summed E-state index contributed by atoms with van der Waals surface area (Å²) < 4.78 is 0. The molecule has 1 heterocycles. The Kier molecular flexibility index (Phi) is 6.58. The number of amides is 2. The van der Waals surface area contributed by atoms with Gasteiger partial charge in [-0.1, -0.05) is 6.07 Å². The molecular weight excluding hydrogens is 334 g/mol. The predicted molar refractivity (Wildman–Crippen MR) is 104 cm³/mol. The highest BCUT2D eigenvalue weighted by atomic mass is 32.1. The molecule has 0 aliphatic heterocycles. The van der Waals surface area contributed by atoms with E-state index in [4.69, 9.17) is 0 Å². The summed E-state index contributed by atoms with van der Waals surface area (Å²) in [5.41, 5.74) is 1.83. The second kappa shape index (κ2) is 8.67. The van der Waals surface area contributed by atoms with Gasteiger partial charge in [-0.15, -0.1) is 11.3 Å². The first-order chi connectivity index (χ1) is 11.9. The lowest BCUT2D eigenvalue weighted by molar-refractivity contribution is -0.117. The Labute approximate surface area is 153 Å². The van der Waals surface area contributed by atoms with Crippen molar-refractivity contribution in [3.8, 4) is 0 Å². The van der Waals surface area contributed by atoms with Crippen LogP contribution in [0.1, 0.15) is 37.4 Å². The zero-order valence-electron chi connectivity index (χ0n) is 15.1. The highest BCUT2D eigenvalue weighted by Gasteiger charge is 2.17. The van der Waals surface area contributed by atoms with Crippen molar-refractivity contribution in [2.45, 2.75) is 39.8 Å². The van der Waals surface area contributed by atoms with Crippen LogP contribution in [0.4, 0.5) is 11.4 Å². The number of hydrogen-bond acceptors (Lipinski definition) is 4. The largest absolute Gasteiger partial charge is 0.369 e. The summed E-state index contributed by atoms with van der Waals surface area (Å²) in [6.45, 7) is 9.02. The van der Waals surface area contributed by atoms with Gasteiger partial charge in [0.1, 0.15) is 6.04 Å². The van der Waals surface area contributed by atoms with Crippen LogP contribution in [-0.4, -0.2) is 30.4 Å². The number of benzene rings is 1. The third-order valence-corrected chi connectivity index (χ3v) is 4.79. The molecule has 0 saturated carbocycles. The Morgan fingerprint density at radius 2 is 1.80 bits per heavy atom. The first-order valence-electron chi connectivity index (χ1n) is 8.44. The van der Waals surface area contributed by atoms with Crippen LogP contribution in [-0.2, 0) is 4.79 Å². The fourth-order valence-corrected chi connectivity index (χ4v) is 3.20. The van der Waals surface area contributed by atoms with Gasteiger partial charge in [0.05, 0.1) is 4.88 Å². The van der Waals surface area contributed by atoms with E-state index in [1.54, 1.807) is 13.0 Å². The number of nitrogens with zero attached hydrogens (tertiary/aromatic N) is 1. The molecule has 2 N–H and O–H groups in total. The molecule has 0 bridgehead atoms. The molecular formula is C19H25N3O2S. The van der Waals surface area contributed by atoms with Crippen LogP contribution < -0.4 is 15.5 Å². The monoisotopic (exact) mass is 359 g/mol. The van der Waals surface area contributed by atoms with Gasteiger partial charge in [0.2, 0.25) is 5.91 Å². The molecule has 0 aliphatic carbocycles. The Hall–Kier alpha value is -2.34. The number of nitrogens with one attached hydrogen (secondary N) is 2. The van der Waals surface area contributed by atoms with Gasteiger partial charge < -0.3 is 15.5 Å². The number of rotatable bonds is 7. The van der Waals surface area contributed by atoms with Crippen molar-refractivity contribution < 1.29 is 9.59 Å². The molecule has 1 unspecified atom stereocenters. The first kappa shape index (κ1) is 19.0. The Balaban J connectivity index is 1.94. The van der Waals surface area contributed by atoms with Crippen LogP contribution in [0.2, 0.25) is 0 Å². The summed E-state index contributed by atoms with van der Waals surface area (Å²) in [6.07, 6.45) is 0. The molecule has 6 heteroatoms. The molecule has 1 aromatic heterocycles. The lowest BCUT2D eigenvalue weighted by Gasteiger charge is -2.27. The third-order valence-electron chi connectivity index (χ3n) is 3.92. The summed E-state index contributed by atoms with van der Waals surface area (Å²) in [5.74, 6) is -0.475. The summed E-state index contributed by atoms with van der Waals surface area (Å²) in [4.78, 5) is 27.1. The van der Waals surface area contributed by atoms with Crippen molar-refractivity contribution in [1.29, 1.82) is 0 Å². The van der Waals surface area contributed by atoms with Crippen molar-refractivity contribution in [1.82, 2.24) is 5.32 Å². The molecule has 0 aliphatic rings.